The van der Waals surface area contributed by atoms with Gasteiger partial charge < -0.3 is 9.64 Å². The number of anilines is 1. The Morgan fingerprint density at radius 3 is 2.83 bits per heavy atom. The molecule has 1 N–H and O–H groups in total. The lowest BCUT2D eigenvalue weighted by Crippen LogP contribution is -2.61. The minimum absolute atomic E-state index is 0.0259. The molecular weight excluding hydrogens is 388 g/mol. The number of hydrogen-bond acceptors (Lipinski definition) is 6. The maximum Gasteiger partial charge on any atom is 0.254 e. The van der Waals surface area contributed by atoms with Gasteiger partial charge in [0.2, 0.25) is 11.0 Å². The fourth-order valence-corrected chi connectivity index (χ4v) is 5.78. The summed E-state index contributed by atoms with van der Waals surface area (Å²) in [5.41, 5.74) is 2.54. The molecule has 2 aromatic rings. The number of carbonyl (C=O) groups excluding carboxylic acids is 2. The first-order chi connectivity index (χ1) is 14.2. The summed E-state index contributed by atoms with van der Waals surface area (Å²) in [5, 5.41) is 11.2. The first-order valence-electron chi connectivity index (χ1n) is 10.3. The van der Waals surface area contributed by atoms with Gasteiger partial charge in [-0.05, 0) is 37.3 Å². The Labute approximate surface area is 173 Å². The van der Waals surface area contributed by atoms with Crippen molar-refractivity contribution in [3.63, 3.8) is 0 Å². The van der Waals surface area contributed by atoms with Gasteiger partial charge in [-0.2, -0.15) is 0 Å². The number of nitrogens with one attached hydrogen (secondary N) is 1. The zero-order chi connectivity index (χ0) is 19.8. The number of carbonyl (C=O) groups is 2. The van der Waals surface area contributed by atoms with E-state index in [-0.39, 0.29) is 17.9 Å². The van der Waals surface area contributed by atoms with Gasteiger partial charge in [-0.25, -0.2) is 0 Å². The Bertz CT molecular complexity index is 904. The van der Waals surface area contributed by atoms with Crippen molar-refractivity contribution >= 4 is 28.3 Å². The highest BCUT2D eigenvalue weighted by Crippen LogP contribution is 2.51. The van der Waals surface area contributed by atoms with Crippen molar-refractivity contribution in [1.29, 1.82) is 0 Å². The Hall–Kier alpha value is -2.32. The average molecular weight is 413 g/mol. The molecule has 152 valence electrons. The fourth-order valence-electron chi connectivity index (χ4n) is 5.33. The van der Waals surface area contributed by atoms with E-state index in [2.05, 4.69) is 15.5 Å². The molecule has 1 saturated heterocycles. The second kappa shape index (κ2) is 7.50. The molecule has 1 aromatic carbocycles. The highest BCUT2D eigenvalue weighted by molar-refractivity contribution is 7.13. The lowest BCUT2D eigenvalue weighted by atomic mass is 9.71. The van der Waals surface area contributed by atoms with Crippen LogP contribution in [0.15, 0.2) is 29.8 Å². The molecular formula is C21H24N4O3S. The molecule has 0 radical (unpaired) electrons. The largest absolute Gasteiger partial charge is 0.376 e. The van der Waals surface area contributed by atoms with Crippen LogP contribution in [0.3, 0.4) is 0 Å². The van der Waals surface area contributed by atoms with Crippen LogP contribution in [0, 0.1) is 0 Å². The molecule has 5 rings (SSSR count). The zero-order valence-electron chi connectivity index (χ0n) is 16.2. The van der Waals surface area contributed by atoms with Gasteiger partial charge in [0, 0.05) is 18.7 Å². The van der Waals surface area contributed by atoms with E-state index in [1.54, 1.807) is 5.51 Å². The van der Waals surface area contributed by atoms with Crippen LogP contribution in [0.4, 0.5) is 5.13 Å². The topological polar surface area (TPSA) is 84.4 Å². The van der Waals surface area contributed by atoms with Crippen LogP contribution in [0.2, 0.25) is 0 Å². The second-order valence-corrected chi connectivity index (χ2v) is 8.95. The smallest absolute Gasteiger partial charge is 0.254 e. The number of aromatic nitrogens is 2. The number of amides is 2. The summed E-state index contributed by atoms with van der Waals surface area (Å²) in [6.45, 7) is 1.30. The minimum atomic E-state index is -0.508. The Morgan fingerprint density at radius 2 is 2.10 bits per heavy atom. The van der Waals surface area contributed by atoms with E-state index in [0.717, 1.165) is 50.7 Å². The minimum Gasteiger partial charge on any atom is -0.376 e. The summed E-state index contributed by atoms with van der Waals surface area (Å²) < 4.78 is 5.86. The van der Waals surface area contributed by atoms with Gasteiger partial charge in [0.1, 0.15) is 5.51 Å². The molecule has 3 aliphatic rings. The van der Waals surface area contributed by atoms with Crippen LogP contribution in [-0.2, 0) is 9.53 Å². The van der Waals surface area contributed by atoms with Crippen molar-refractivity contribution in [2.75, 3.05) is 18.5 Å². The molecule has 1 saturated carbocycles. The molecule has 29 heavy (non-hydrogen) atoms. The van der Waals surface area contributed by atoms with Crippen LogP contribution < -0.4 is 5.32 Å². The van der Waals surface area contributed by atoms with Gasteiger partial charge in [0.25, 0.3) is 5.91 Å². The lowest BCUT2D eigenvalue weighted by Gasteiger charge is -2.50. The van der Waals surface area contributed by atoms with E-state index in [4.69, 9.17) is 4.74 Å². The fraction of sp³-hybridized carbons (Fsp3) is 0.524. The summed E-state index contributed by atoms with van der Waals surface area (Å²) >= 11 is 1.30. The molecule has 2 fully saturated rings. The molecule has 1 aliphatic carbocycles. The van der Waals surface area contributed by atoms with Crippen molar-refractivity contribution in [3.05, 3.63) is 40.9 Å². The predicted octanol–water partition coefficient (Wildman–Crippen LogP) is 3.21. The third-order valence-corrected chi connectivity index (χ3v) is 7.16. The normalized spacial score (nSPS) is 25.4. The van der Waals surface area contributed by atoms with E-state index in [1.165, 1.54) is 11.3 Å². The van der Waals surface area contributed by atoms with Gasteiger partial charge in [-0.1, -0.05) is 42.4 Å². The first-order valence-corrected chi connectivity index (χ1v) is 11.2. The molecule has 2 aliphatic heterocycles. The van der Waals surface area contributed by atoms with E-state index < -0.39 is 11.5 Å². The molecule has 2 unspecified atom stereocenters. The van der Waals surface area contributed by atoms with E-state index >= 15 is 0 Å². The maximum absolute atomic E-state index is 13.6. The number of benzene rings is 1. The molecule has 3 heterocycles. The van der Waals surface area contributed by atoms with Crippen molar-refractivity contribution in [3.8, 4) is 0 Å². The predicted molar refractivity (Wildman–Crippen MR) is 109 cm³/mol. The third-order valence-electron chi connectivity index (χ3n) is 6.55. The highest BCUT2D eigenvalue weighted by atomic mass is 32.1. The number of ether oxygens (including phenoxy) is 1. The molecule has 2 atom stereocenters. The standard InChI is InChI=1S/C21H24N4O3S/c26-18(23-20-24-22-13-29-20)17-15-7-1-2-8-16(15)19(27)25(12-14-6-5-11-28-14)21(17)9-3-4-10-21/h1-2,7-8,13-14,17H,3-6,9-12H2,(H,23,24,26). The molecule has 1 aromatic heterocycles. The van der Waals surface area contributed by atoms with Crippen LogP contribution in [0.25, 0.3) is 0 Å². The summed E-state index contributed by atoms with van der Waals surface area (Å²) in [4.78, 5) is 29.1. The Balaban J connectivity index is 1.58. The molecule has 1 spiro atoms. The van der Waals surface area contributed by atoms with Crippen LogP contribution in [-0.4, -0.2) is 51.7 Å². The average Bonchev–Trinajstić information content (AvgIpc) is 3.49. The third kappa shape index (κ3) is 3.14. The molecule has 7 nitrogen and oxygen atoms in total. The van der Waals surface area contributed by atoms with Crippen LogP contribution in [0.5, 0.6) is 0 Å². The zero-order valence-corrected chi connectivity index (χ0v) is 17.0. The lowest BCUT2D eigenvalue weighted by molar-refractivity contribution is -0.121. The van der Waals surface area contributed by atoms with Crippen molar-refractivity contribution in [1.82, 2.24) is 15.1 Å². The van der Waals surface area contributed by atoms with Crippen LogP contribution >= 0.6 is 11.3 Å². The first kappa shape index (κ1) is 18.7. The maximum atomic E-state index is 13.6. The van der Waals surface area contributed by atoms with Crippen molar-refractivity contribution < 1.29 is 14.3 Å². The number of nitrogens with zero attached hydrogens (tertiary/aromatic N) is 3. The van der Waals surface area contributed by atoms with E-state index in [9.17, 15) is 9.59 Å². The van der Waals surface area contributed by atoms with Gasteiger partial charge in [-0.3, -0.25) is 14.9 Å². The van der Waals surface area contributed by atoms with Crippen molar-refractivity contribution in [2.24, 2.45) is 0 Å². The van der Waals surface area contributed by atoms with Gasteiger partial charge >= 0.3 is 0 Å². The highest BCUT2D eigenvalue weighted by Gasteiger charge is 2.56. The Morgan fingerprint density at radius 1 is 1.28 bits per heavy atom. The SMILES string of the molecule is O=C(Nc1nncs1)C1c2ccccc2C(=O)N(CC2CCCO2)C12CCCC2. The number of hydrogen-bond donors (Lipinski definition) is 1. The van der Waals surface area contributed by atoms with Crippen LogP contribution in [0.1, 0.15) is 60.4 Å². The molecule has 8 heteroatoms. The summed E-state index contributed by atoms with van der Waals surface area (Å²) in [5.74, 6) is -0.511. The quantitative estimate of drug-likeness (QED) is 0.834. The van der Waals surface area contributed by atoms with E-state index in [1.807, 2.05) is 29.2 Å². The second-order valence-electron chi connectivity index (χ2n) is 8.11. The molecule has 0 bridgehead atoms. The van der Waals surface area contributed by atoms with Gasteiger partial charge in [-0.15, -0.1) is 10.2 Å². The number of rotatable bonds is 4. The van der Waals surface area contributed by atoms with Crippen molar-refractivity contribution in [2.45, 2.75) is 56.1 Å². The van der Waals surface area contributed by atoms with Gasteiger partial charge in [0.05, 0.1) is 17.6 Å². The monoisotopic (exact) mass is 412 g/mol. The van der Waals surface area contributed by atoms with Gasteiger partial charge in [0.15, 0.2) is 0 Å². The summed E-state index contributed by atoms with van der Waals surface area (Å²) in [6, 6.07) is 7.55. The van der Waals surface area contributed by atoms with E-state index in [0.29, 0.717) is 17.2 Å². The number of fused-ring (bicyclic) bond motifs is 1. The molecule has 2 amide bonds. The summed E-state index contributed by atoms with van der Waals surface area (Å²) in [6.07, 6.45) is 5.72. The summed E-state index contributed by atoms with van der Waals surface area (Å²) in [7, 11) is 0. The Kier molecular flexibility index (Phi) is 4.83.